The second-order valence-corrected chi connectivity index (χ2v) is 8.40. The van der Waals surface area contributed by atoms with Crippen molar-refractivity contribution in [3.05, 3.63) is 0 Å². The molecule has 1 fully saturated rings. The van der Waals surface area contributed by atoms with Gasteiger partial charge in [0.2, 0.25) is 0 Å². The van der Waals surface area contributed by atoms with E-state index >= 15 is 0 Å². The summed E-state index contributed by atoms with van der Waals surface area (Å²) < 4.78 is 23.2. The van der Waals surface area contributed by atoms with Crippen molar-refractivity contribution in [1.29, 1.82) is 0 Å². The van der Waals surface area contributed by atoms with Gasteiger partial charge in [0, 0.05) is 58.7 Å². The van der Waals surface area contributed by atoms with Gasteiger partial charge in [0.15, 0.2) is 0 Å². The average molecular weight is 349 g/mol. The first-order valence-corrected chi connectivity index (χ1v) is 11.1. The maximum atomic E-state index is 5.91. The predicted octanol–water partition coefficient (Wildman–Crippen LogP) is 2.04. The van der Waals surface area contributed by atoms with Gasteiger partial charge >= 0.3 is 8.80 Å². The molecule has 0 saturated carbocycles. The zero-order chi connectivity index (χ0) is 17.0. The SMILES string of the molecule is CCOCN1CCN(CCC[Si](OCC)(OCC)OCC)CC1. The third-order valence-electron chi connectivity index (χ3n) is 3.99. The lowest BCUT2D eigenvalue weighted by Gasteiger charge is -2.35. The Morgan fingerprint density at radius 3 is 1.74 bits per heavy atom. The van der Waals surface area contributed by atoms with E-state index in [0.717, 1.165) is 58.5 Å². The van der Waals surface area contributed by atoms with Gasteiger partial charge < -0.3 is 22.9 Å². The molecule has 0 unspecified atom stereocenters. The van der Waals surface area contributed by atoms with Gasteiger partial charge in [-0.25, -0.2) is 0 Å². The van der Waals surface area contributed by atoms with Gasteiger partial charge in [0.25, 0.3) is 0 Å². The van der Waals surface area contributed by atoms with Crippen LogP contribution in [0.2, 0.25) is 6.04 Å². The van der Waals surface area contributed by atoms with Crippen LogP contribution in [0.25, 0.3) is 0 Å². The molecule has 138 valence electrons. The van der Waals surface area contributed by atoms with Gasteiger partial charge in [-0.15, -0.1) is 0 Å². The van der Waals surface area contributed by atoms with Crippen molar-refractivity contribution in [2.75, 3.05) is 65.9 Å². The molecule has 1 heterocycles. The molecule has 0 bridgehead atoms. The second kappa shape index (κ2) is 12.4. The number of ether oxygens (including phenoxy) is 1. The van der Waals surface area contributed by atoms with Crippen LogP contribution in [0.5, 0.6) is 0 Å². The van der Waals surface area contributed by atoms with E-state index in [1.807, 2.05) is 27.7 Å². The fourth-order valence-corrected chi connectivity index (χ4v) is 5.48. The fourth-order valence-electron chi connectivity index (χ4n) is 2.88. The zero-order valence-corrected chi connectivity index (χ0v) is 16.5. The quantitative estimate of drug-likeness (QED) is 0.475. The van der Waals surface area contributed by atoms with Crippen LogP contribution >= 0.6 is 0 Å². The Bertz CT molecular complexity index is 272. The summed E-state index contributed by atoms with van der Waals surface area (Å²) in [5.41, 5.74) is 0. The van der Waals surface area contributed by atoms with Gasteiger partial charge in [-0.1, -0.05) is 0 Å². The third kappa shape index (κ3) is 8.06. The minimum absolute atomic E-state index is 0.655. The largest absolute Gasteiger partial charge is 0.500 e. The van der Waals surface area contributed by atoms with Gasteiger partial charge in [0.1, 0.15) is 0 Å². The fraction of sp³-hybridized carbons (Fsp3) is 1.00. The molecular formula is C16H36N2O4Si. The van der Waals surface area contributed by atoms with Crippen molar-refractivity contribution in [3.8, 4) is 0 Å². The lowest BCUT2D eigenvalue weighted by atomic mass is 10.3. The minimum Gasteiger partial charge on any atom is -0.374 e. The maximum Gasteiger partial charge on any atom is 0.500 e. The summed E-state index contributed by atoms with van der Waals surface area (Å²) >= 11 is 0. The molecule has 0 N–H and O–H groups in total. The number of rotatable bonds is 13. The summed E-state index contributed by atoms with van der Waals surface area (Å²) in [5.74, 6) is 0. The molecule has 0 radical (unpaired) electrons. The van der Waals surface area contributed by atoms with Crippen LogP contribution in [-0.2, 0) is 18.0 Å². The monoisotopic (exact) mass is 348 g/mol. The highest BCUT2D eigenvalue weighted by atomic mass is 28.4. The summed E-state index contributed by atoms with van der Waals surface area (Å²) in [4.78, 5) is 4.89. The van der Waals surface area contributed by atoms with Gasteiger partial charge in [-0.05, 0) is 40.7 Å². The zero-order valence-electron chi connectivity index (χ0n) is 15.5. The first-order chi connectivity index (χ1) is 11.2. The molecule has 1 rings (SSSR count). The van der Waals surface area contributed by atoms with Gasteiger partial charge in [-0.3, -0.25) is 4.90 Å². The topological polar surface area (TPSA) is 43.4 Å². The van der Waals surface area contributed by atoms with E-state index in [2.05, 4.69) is 9.80 Å². The Labute approximate surface area is 143 Å². The molecular weight excluding hydrogens is 312 g/mol. The van der Waals surface area contributed by atoms with E-state index in [9.17, 15) is 0 Å². The lowest BCUT2D eigenvalue weighted by Crippen LogP contribution is -2.49. The Kier molecular flexibility index (Phi) is 11.3. The van der Waals surface area contributed by atoms with Gasteiger partial charge in [-0.2, -0.15) is 0 Å². The summed E-state index contributed by atoms with van der Waals surface area (Å²) in [5, 5.41) is 0. The third-order valence-corrected chi connectivity index (χ3v) is 7.14. The van der Waals surface area contributed by atoms with E-state index in [4.69, 9.17) is 18.0 Å². The Morgan fingerprint density at radius 1 is 0.739 bits per heavy atom. The highest BCUT2D eigenvalue weighted by Gasteiger charge is 2.39. The highest BCUT2D eigenvalue weighted by molar-refractivity contribution is 6.60. The summed E-state index contributed by atoms with van der Waals surface area (Å²) in [7, 11) is -2.47. The molecule has 7 heteroatoms. The Hall–Kier alpha value is -0.0231. The van der Waals surface area contributed by atoms with Crippen LogP contribution in [0.4, 0.5) is 0 Å². The van der Waals surface area contributed by atoms with Crippen LogP contribution < -0.4 is 0 Å². The summed E-state index contributed by atoms with van der Waals surface area (Å²) in [6.45, 7) is 17.1. The number of hydrogen-bond donors (Lipinski definition) is 0. The standard InChI is InChI=1S/C16H36N2O4Si/c1-5-19-16-18-13-11-17(12-14-18)10-9-15-23(20-6-2,21-7-3)22-8-4/h5-16H2,1-4H3. The lowest BCUT2D eigenvalue weighted by molar-refractivity contribution is 0.00700. The van der Waals surface area contributed by atoms with Crippen molar-refractivity contribution in [2.24, 2.45) is 0 Å². The molecule has 0 aromatic carbocycles. The molecule has 0 spiro atoms. The van der Waals surface area contributed by atoms with Crippen LogP contribution in [0.15, 0.2) is 0 Å². The Morgan fingerprint density at radius 2 is 1.26 bits per heavy atom. The normalized spacial score (nSPS) is 17.7. The van der Waals surface area contributed by atoms with Crippen molar-refractivity contribution in [1.82, 2.24) is 9.80 Å². The summed E-state index contributed by atoms with van der Waals surface area (Å²) in [6, 6.07) is 0.904. The molecule has 1 aliphatic rings. The first kappa shape index (κ1) is 21.0. The minimum atomic E-state index is -2.47. The van der Waals surface area contributed by atoms with E-state index in [1.54, 1.807) is 0 Å². The molecule has 1 aliphatic heterocycles. The van der Waals surface area contributed by atoms with E-state index in [0.29, 0.717) is 19.8 Å². The number of hydrogen-bond acceptors (Lipinski definition) is 6. The highest BCUT2D eigenvalue weighted by Crippen LogP contribution is 2.18. The molecule has 0 amide bonds. The van der Waals surface area contributed by atoms with Crippen molar-refractivity contribution < 1.29 is 18.0 Å². The molecule has 0 aromatic heterocycles. The van der Waals surface area contributed by atoms with E-state index < -0.39 is 8.80 Å². The predicted molar refractivity (Wildman–Crippen MR) is 94.6 cm³/mol. The van der Waals surface area contributed by atoms with E-state index in [1.165, 1.54) is 0 Å². The van der Waals surface area contributed by atoms with Crippen molar-refractivity contribution in [2.45, 2.75) is 40.2 Å². The molecule has 0 atom stereocenters. The maximum absolute atomic E-state index is 5.91. The van der Waals surface area contributed by atoms with Gasteiger partial charge in [0.05, 0.1) is 6.73 Å². The summed E-state index contributed by atoms with van der Waals surface area (Å²) in [6.07, 6.45) is 1.07. The molecule has 6 nitrogen and oxygen atoms in total. The first-order valence-electron chi connectivity index (χ1n) is 9.14. The molecule has 0 aliphatic carbocycles. The van der Waals surface area contributed by atoms with Crippen LogP contribution in [0, 0.1) is 0 Å². The van der Waals surface area contributed by atoms with Crippen molar-refractivity contribution in [3.63, 3.8) is 0 Å². The van der Waals surface area contributed by atoms with E-state index in [-0.39, 0.29) is 0 Å². The van der Waals surface area contributed by atoms with Crippen LogP contribution in [0.3, 0.4) is 0 Å². The molecule has 1 saturated heterocycles. The number of piperazine rings is 1. The Balaban J connectivity index is 2.30. The van der Waals surface area contributed by atoms with Crippen LogP contribution in [-0.4, -0.2) is 84.5 Å². The second-order valence-electron chi connectivity index (χ2n) is 5.67. The average Bonchev–Trinajstić information content (AvgIpc) is 2.55. The molecule has 23 heavy (non-hydrogen) atoms. The smallest absolute Gasteiger partial charge is 0.374 e. The van der Waals surface area contributed by atoms with Crippen molar-refractivity contribution >= 4 is 8.80 Å². The number of nitrogens with zero attached hydrogens (tertiary/aromatic N) is 2. The molecule has 0 aromatic rings. The van der Waals surface area contributed by atoms with Crippen LogP contribution in [0.1, 0.15) is 34.1 Å².